The second-order valence-corrected chi connectivity index (χ2v) is 5.96. The molecule has 0 heterocycles. The summed E-state index contributed by atoms with van der Waals surface area (Å²) in [5.41, 5.74) is 3.01. The van der Waals surface area contributed by atoms with E-state index < -0.39 is 0 Å². The average Bonchev–Trinajstić information content (AvgIpc) is 2.57. The highest BCUT2D eigenvalue weighted by Crippen LogP contribution is 2.30. The minimum atomic E-state index is 0. The Labute approximate surface area is 156 Å². The third-order valence-electron chi connectivity index (χ3n) is 4.63. The van der Waals surface area contributed by atoms with Gasteiger partial charge in [0.1, 0.15) is 0 Å². The number of benzene rings is 2. The van der Waals surface area contributed by atoms with Gasteiger partial charge in [0.2, 0.25) is 0 Å². The van der Waals surface area contributed by atoms with E-state index in [-0.39, 0.29) is 27.0 Å². The highest BCUT2D eigenvalue weighted by molar-refractivity contribution is 7.59. The molecule has 0 spiro atoms. The Bertz CT molecular complexity index is 448. The molecule has 23 heavy (non-hydrogen) atoms. The Morgan fingerprint density at radius 2 is 0.957 bits per heavy atom. The SMILES string of the molecule is CCC(CCCC(CC)c1ccccc1)c1ccccc1.S.S. The molecule has 0 nitrogen and oxygen atoms in total. The zero-order valence-corrected chi connectivity index (χ0v) is 16.5. The second kappa shape index (κ2) is 12.5. The molecule has 0 aliphatic carbocycles. The van der Waals surface area contributed by atoms with Gasteiger partial charge < -0.3 is 0 Å². The standard InChI is InChI=1S/C21H28.2H2S/c1-3-18(20-12-7-5-8-13-20)16-11-17-19(4-2)21-14-9-6-10-15-21;;/h5-10,12-15,18-19H,3-4,11,16-17H2,1-2H3;2*1H2. The lowest BCUT2D eigenvalue weighted by Gasteiger charge is -2.19. The van der Waals surface area contributed by atoms with Crippen LogP contribution in [0.4, 0.5) is 0 Å². The Hall–Kier alpha value is -0.860. The predicted octanol–water partition coefficient (Wildman–Crippen LogP) is 6.77. The van der Waals surface area contributed by atoms with E-state index in [4.69, 9.17) is 0 Å². The Balaban J connectivity index is 0.00000242. The molecule has 0 amide bonds. The zero-order chi connectivity index (χ0) is 14.9. The number of rotatable bonds is 8. The molecule has 2 atom stereocenters. The molecule has 0 radical (unpaired) electrons. The lowest BCUT2D eigenvalue weighted by molar-refractivity contribution is 0.507. The highest BCUT2D eigenvalue weighted by atomic mass is 32.1. The number of hydrogen-bond acceptors (Lipinski definition) is 0. The van der Waals surface area contributed by atoms with Crippen LogP contribution in [0, 0.1) is 0 Å². The maximum atomic E-state index is 2.31. The van der Waals surface area contributed by atoms with Crippen molar-refractivity contribution in [3.8, 4) is 0 Å². The molecule has 2 rings (SSSR count). The van der Waals surface area contributed by atoms with E-state index in [1.807, 2.05) is 0 Å². The predicted molar refractivity (Wildman–Crippen MR) is 114 cm³/mol. The summed E-state index contributed by atoms with van der Waals surface area (Å²) in [6, 6.07) is 22.0. The first kappa shape index (κ1) is 22.1. The summed E-state index contributed by atoms with van der Waals surface area (Å²) in [5, 5.41) is 0. The minimum Gasteiger partial charge on any atom is -0.197 e. The minimum absolute atomic E-state index is 0. The molecular formula is C21H32S2. The van der Waals surface area contributed by atoms with Crippen molar-refractivity contribution < 1.29 is 0 Å². The summed E-state index contributed by atoms with van der Waals surface area (Å²) in [6.45, 7) is 4.62. The first-order valence-corrected chi connectivity index (χ1v) is 8.45. The van der Waals surface area contributed by atoms with Crippen LogP contribution in [0.15, 0.2) is 60.7 Å². The molecule has 0 aliphatic rings. The number of hydrogen-bond donors (Lipinski definition) is 0. The summed E-state index contributed by atoms with van der Waals surface area (Å²) >= 11 is 0. The molecule has 2 unspecified atom stereocenters. The molecular weight excluding hydrogens is 316 g/mol. The van der Waals surface area contributed by atoms with E-state index in [9.17, 15) is 0 Å². The topological polar surface area (TPSA) is 0 Å². The fourth-order valence-corrected chi connectivity index (χ4v) is 3.27. The van der Waals surface area contributed by atoms with Crippen molar-refractivity contribution in [2.45, 2.75) is 57.8 Å². The van der Waals surface area contributed by atoms with Gasteiger partial charge >= 0.3 is 0 Å². The van der Waals surface area contributed by atoms with Gasteiger partial charge in [-0.1, -0.05) is 80.9 Å². The van der Waals surface area contributed by atoms with E-state index in [2.05, 4.69) is 74.5 Å². The normalized spacial score (nSPS) is 12.6. The first-order chi connectivity index (χ1) is 10.3. The van der Waals surface area contributed by atoms with E-state index in [0.29, 0.717) is 0 Å². The molecule has 2 heteroatoms. The summed E-state index contributed by atoms with van der Waals surface area (Å²) in [4.78, 5) is 0. The van der Waals surface area contributed by atoms with Crippen molar-refractivity contribution in [3.63, 3.8) is 0 Å². The third-order valence-corrected chi connectivity index (χ3v) is 4.63. The quantitative estimate of drug-likeness (QED) is 0.494. The van der Waals surface area contributed by atoms with E-state index in [1.54, 1.807) is 0 Å². The van der Waals surface area contributed by atoms with Crippen LogP contribution in [-0.2, 0) is 0 Å². The monoisotopic (exact) mass is 348 g/mol. The van der Waals surface area contributed by atoms with Crippen LogP contribution in [0.25, 0.3) is 0 Å². The van der Waals surface area contributed by atoms with E-state index in [0.717, 1.165) is 11.8 Å². The van der Waals surface area contributed by atoms with Gasteiger partial charge in [0.05, 0.1) is 0 Å². The molecule has 0 saturated heterocycles. The smallest absolute Gasteiger partial charge is 0.0165 e. The van der Waals surface area contributed by atoms with Gasteiger partial charge in [-0.3, -0.25) is 0 Å². The van der Waals surface area contributed by atoms with E-state index in [1.165, 1.54) is 43.2 Å². The first-order valence-electron chi connectivity index (χ1n) is 8.45. The lowest BCUT2D eigenvalue weighted by Crippen LogP contribution is -2.01. The van der Waals surface area contributed by atoms with Crippen LogP contribution in [0.5, 0.6) is 0 Å². The average molecular weight is 349 g/mol. The molecule has 0 fully saturated rings. The van der Waals surface area contributed by atoms with Crippen molar-refractivity contribution in [2.24, 2.45) is 0 Å². The van der Waals surface area contributed by atoms with Crippen molar-refractivity contribution in [2.75, 3.05) is 0 Å². The van der Waals surface area contributed by atoms with E-state index >= 15 is 0 Å². The Morgan fingerprint density at radius 3 is 1.26 bits per heavy atom. The molecule has 128 valence electrons. The molecule has 0 aliphatic heterocycles. The molecule has 2 aromatic rings. The van der Waals surface area contributed by atoms with Crippen molar-refractivity contribution in [1.82, 2.24) is 0 Å². The Morgan fingerprint density at radius 1 is 0.609 bits per heavy atom. The van der Waals surface area contributed by atoms with Crippen LogP contribution in [0.1, 0.15) is 68.9 Å². The molecule has 0 aromatic heterocycles. The molecule has 2 aromatic carbocycles. The summed E-state index contributed by atoms with van der Waals surface area (Å²) in [7, 11) is 0. The lowest BCUT2D eigenvalue weighted by atomic mass is 9.86. The van der Waals surface area contributed by atoms with Crippen molar-refractivity contribution in [3.05, 3.63) is 71.8 Å². The van der Waals surface area contributed by atoms with Crippen LogP contribution in [0.2, 0.25) is 0 Å². The maximum absolute atomic E-state index is 2.31. The van der Waals surface area contributed by atoms with Crippen molar-refractivity contribution >= 4 is 27.0 Å². The van der Waals surface area contributed by atoms with Crippen LogP contribution < -0.4 is 0 Å². The summed E-state index contributed by atoms with van der Waals surface area (Å²) < 4.78 is 0. The van der Waals surface area contributed by atoms with Gasteiger partial charge in [0.25, 0.3) is 0 Å². The summed E-state index contributed by atoms with van der Waals surface area (Å²) in [5.74, 6) is 1.44. The largest absolute Gasteiger partial charge is 0.197 e. The third kappa shape index (κ3) is 7.05. The van der Waals surface area contributed by atoms with Gasteiger partial charge in [-0.2, -0.15) is 27.0 Å². The van der Waals surface area contributed by atoms with Gasteiger partial charge in [-0.05, 0) is 48.6 Å². The fraction of sp³-hybridized carbons (Fsp3) is 0.429. The van der Waals surface area contributed by atoms with Gasteiger partial charge in [0, 0.05) is 0 Å². The van der Waals surface area contributed by atoms with Crippen LogP contribution >= 0.6 is 27.0 Å². The summed E-state index contributed by atoms with van der Waals surface area (Å²) in [6.07, 6.45) is 6.42. The van der Waals surface area contributed by atoms with Crippen LogP contribution in [-0.4, -0.2) is 0 Å². The highest BCUT2D eigenvalue weighted by Gasteiger charge is 2.12. The Kier molecular flexibility index (Phi) is 12.1. The molecule has 0 N–H and O–H groups in total. The molecule has 0 saturated carbocycles. The fourth-order valence-electron chi connectivity index (χ4n) is 3.27. The van der Waals surface area contributed by atoms with Gasteiger partial charge in [-0.25, -0.2) is 0 Å². The van der Waals surface area contributed by atoms with Gasteiger partial charge in [-0.15, -0.1) is 0 Å². The van der Waals surface area contributed by atoms with Crippen molar-refractivity contribution in [1.29, 1.82) is 0 Å². The van der Waals surface area contributed by atoms with Gasteiger partial charge in [0.15, 0.2) is 0 Å². The van der Waals surface area contributed by atoms with Crippen LogP contribution in [0.3, 0.4) is 0 Å². The zero-order valence-electron chi connectivity index (χ0n) is 14.5. The maximum Gasteiger partial charge on any atom is -0.0165 e. The molecule has 0 bridgehead atoms. The second-order valence-electron chi connectivity index (χ2n) is 5.96.